The largest absolute Gasteiger partial charge is 0.379 e. The Morgan fingerprint density at radius 2 is 1.90 bits per heavy atom. The van der Waals surface area contributed by atoms with Gasteiger partial charge >= 0.3 is 0 Å². The number of aromatic nitrogens is 4. The van der Waals surface area contributed by atoms with Gasteiger partial charge in [0.15, 0.2) is 0 Å². The molecule has 2 aromatic carbocycles. The van der Waals surface area contributed by atoms with Crippen molar-refractivity contribution in [2.75, 3.05) is 32.8 Å². The molecule has 1 amide bonds. The van der Waals surface area contributed by atoms with Gasteiger partial charge < -0.3 is 10.1 Å². The molecule has 3 aromatic rings. The van der Waals surface area contributed by atoms with E-state index in [1.165, 1.54) is 11.9 Å². The third kappa shape index (κ3) is 4.90. The summed E-state index contributed by atoms with van der Waals surface area (Å²) in [4.78, 5) is 15.4. The van der Waals surface area contributed by atoms with Crippen molar-refractivity contribution < 1.29 is 9.53 Å². The minimum Gasteiger partial charge on any atom is -0.379 e. The number of nitrogens with one attached hydrogen (secondary N) is 1. The van der Waals surface area contributed by atoms with Gasteiger partial charge in [0, 0.05) is 31.2 Å². The van der Waals surface area contributed by atoms with Crippen LogP contribution in [-0.4, -0.2) is 69.9 Å². The van der Waals surface area contributed by atoms with Gasteiger partial charge in [0.1, 0.15) is 6.33 Å². The number of amides is 1. The Morgan fingerprint density at radius 3 is 2.60 bits per heavy atom. The summed E-state index contributed by atoms with van der Waals surface area (Å²) >= 11 is 0. The maximum absolute atomic E-state index is 13.0. The average molecular weight is 406 g/mol. The van der Waals surface area contributed by atoms with E-state index in [0.29, 0.717) is 5.56 Å². The Bertz CT molecular complexity index is 981. The summed E-state index contributed by atoms with van der Waals surface area (Å²) in [6.07, 6.45) is 1.52. The van der Waals surface area contributed by atoms with Gasteiger partial charge in [-0.3, -0.25) is 9.69 Å². The monoisotopic (exact) mass is 406 g/mol. The molecule has 4 rings (SSSR count). The SMILES string of the molecule is Cc1ccc(-c2cc(C(=O)N[C@H](C)CN3CCOCC3)cc(-n3cnnn3)c2)cc1. The van der Waals surface area contributed by atoms with Crippen LogP contribution in [-0.2, 0) is 4.74 Å². The minimum atomic E-state index is -0.112. The van der Waals surface area contributed by atoms with Crippen molar-refractivity contribution >= 4 is 5.91 Å². The number of carbonyl (C=O) groups is 1. The van der Waals surface area contributed by atoms with Gasteiger partial charge in [0.25, 0.3) is 5.91 Å². The number of morpholine rings is 1. The van der Waals surface area contributed by atoms with Crippen LogP contribution in [0.3, 0.4) is 0 Å². The summed E-state index contributed by atoms with van der Waals surface area (Å²) in [6, 6.07) is 13.9. The number of hydrogen-bond acceptors (Lipinski definition) is 6. The van der Waals surface area contributed by atoms with E-state index >= 15 is 0 Å². The van der Waals surface area contributed by atoms with Gasteiger partial charge in [0.2, 0.25) is 0 Å². The number of carbonyl (C=O) groups excluding carboxylic acids is 1. The maximum atomic E-state index is 13.0. The molecule has 8 heteroatoms. The van der Waals surface area contributed by atoms with Crippen LogP contribution >= 0.6 is 0 Å². The first-order chi connectivity index (χ1) is 14.6. The quantitative estimate of drug-likeness (QED) is 0.675. The molecule has 1 aromatic heterocycles. The molecule has 0 unspecified atom stereocenters. The number of hydrogen-bond donors (Lipinski definition) is 1. The third-order valence-corrected chi connectivity index (χ3v) is 5.19. The molecule has 8 nitrogen and oxygen atoms in total. The van der Waals surface area contributed by atoms with Crippen LogP contribution < -0.4 is 5.32 Å². The maximum Gasteiger partial charge on any atom is 0.251 e. The van der Waals surface area contributed by atoms with Crippen molar-refractivity contribution in [3.05, 3.63) is 59.9 Å². The lowest BCUT2D eigenvalue weighted by molar-refractivity contribution is 0.0342. The molecule has 0 spiro atoms. The second kappa shape index (κ2) is 9.15. The normalized spacial score (nSPS) is 15.7. The summed E-state index contributed by atoms with van der Waals surface area (Å²) in [5, 5.41) is 14.5. The molecule has 0 bridgehead atoms. The molecule has 156 valence electrons. The zero-order chi connectivity index (χ0) is 20.9. The Balaban J connectivity index is 1.57. The third-order valence-electron chi connectivity index (χ3n) is 5.19. The molecule has 1 saturated heterocycles. The van der Waals surface area contributed by atoms with Crippen LogP contribution in [0.2, 0.25) is 0 Å². The summed E-state index contributed by atoms with van der Waals surface area (Å²) in [5.74, 6) is -0.112. The van der Waals surface area contributed by atoms with Gasteiger partial charge in [-0.15, -0.1) is 5.10 Å². The highest BCUT2D eigenvalue weighted by molar-refractivity contribution is 5.96. The highest BCUT2D eigenvalue weighted by Crippen LogP contribution is 2.24. The second-order valence-corrected chi connectivity index (χ2v) is 7.68. The van der Waals surface area contributed by atoms with Gasteiger partial charge in [-0.05, 0) is 53.6 Å². The van der Waals surface area contributed by atoms with Crippen LogP contribution in [0.1, 0.15) is 22.8 Å². The number of nitrogens with zero attached hydrogens (tertiary/aromatic N) is 5. The fourth-order valence-electron chi connectivity index (χ4n) is 3.59. The van der Waals surface area contributed by atoms with E-state index in [0.717, 1.165) is 49.7 Å². The highest BCUT2D eigenvalue weighted by atomic mass is 16.5. The van der Waals surface area contributed by atoms with Crippen molar-refractivity contribution in [2.24, 2.45) is 0 Å². The average Bonchev–Trinajstić information content (AvgIpc) is 3.29. The van der Waals surface area contributed by atoms with E-state index in [1.54, 1.807) is 4.68 Å². The van der Waals surface area contributed by atoms with Crippen LogP contribution in [0, 0.1) is 6.92 Å². The molecule has 0 saturated carbocycles. The number of rotatable bonds is 6. The minimum absolute atomic E-state index is 0.0233. The lowest BCUT2D eigenvalue weighted by atomic mass is 10.0. The Hall–Kier alpha value is -3.10. The zero-order valence-corrected chi connectivity index (χ0v) is 17.3. The summed E-state index contributed by atoms with van der Waals surface area (Å²) in [6.45, 7) is 8.16. The van der Waals surface area contributed by atoms with E-state index in [9.17, 15) is 4.79 Å². The predicted octanol–water partition coefficient (Wildman–Crippen LogP) is 2.09. The molecule has 1 aliphatic rings. The second-order valence-electron chi connectivity index (χ2n) is 7.68. The fourth-order valence-corrected chi connectivity index (χ4v) is 3.59. The Morgan fingerprint density at radius 1 is 1.13 bits per heavy atom. The molecule has 1 atom stereocenters. The molecule has 0 radical (unpaired) electrons. The van der Waals surface area contributed by atoms with Crippen molar-refractivity contribution in [3.63, 3.8) is 0 Å². The van der Waals surface area contributed by atoms with Crippen LogP contribution in [0.15, 0.2) is 48.8 Å². The fraction of sp³-hybridized carbons (Fsp3) is 0.364. The number of benzene rings is 2. The number of aryl methyl sites for hydroxylation is 1. The first-order valence-electron chi connectivity index (χ1n) is 10.1. The van der Waals surface area contributed by atoms with Gasteiger partial charge in [-0.25, -0.2) is 4.68 Å². The molecular weight excluding hydrogens is 380 g/mol. The van der Waals surface area contributed by atoms with E-state index in [1.807, 2.05) is 25.1 Å². The Kier molecular flexibility index (Phi) is 6.15. The first kappa shape index (κ1) is 20.2. The molecular formula is C22H26N6O2. The summed E-state index contributed by atoms with van der Waals surface area (Å²) in [5.41, 5.74) is 4.47. The molecule has 30 heavy (non-hydrogen) atoms. The molecule has 2 heterocycles. The standard InChI is InChI=1S/C22H26N6O2/c1-16-3-5-18(6-4-16)19-11-20(13-21(12-19)28-15-23-25-26-28)22(29)24-17(2)14-27-7-9-30-10-8-27/h3-6,11-13,15,17H,7-10,14H2,1-2H3,(H,24,29)/t17-/m1/s1. The van der Waals surface area contributed by atoms with Crippen LogP contribution in [0.5, 0.6) is 0 Å². The smallest absolute Gasteiger partial charge is 0.251 e. The van der Waals surface area contributed by atoms with Crippen molar-refractivity contribution in [2.45, 2.75) is 19.9 Å². The van der Waals surface area contributed by atoms with E-state index in [-0.39, 0.29) is 11.9 Å². The van der Waals surface area contributed by atoms with Crippen LogP contribution in [0.25, 0.3) is 16.8 Å². The van der Waals surface area contributed by atoms with E-state index in [2.05, 4.69) is 56.9 Å². The highest BCUT2D eigenvalue weighted by Gasteiger charge is 2.17. The van der Waals surface area contributed by atoms with E-state index in [4.69, 9.17) is 4.74 Å². The molecule has 1 aliphatic heterocycles. The van der Waals surface area contributed by atoms with Crippen molar-refractivity contribution in [3.8, 4) is 16.8 Å². The zero-order valence-electron chi connectivity index (χ0n) is 17.3. The lowest BCUT2D eigenvalue weighted by Crippen LogP contribution is -2.46. The number of tetrazole rings is 1. The van der Waals surface area contributed by atoms with Gasteiger partial charge in [-0.2, -0.15) is 0 Å². The Labute approximate surface area is 175 Å². The molecule has 1 fully saturated rings. The van der Waals surface area contributed by atoms with E-state index < -0.39 is 0 Å². The first-order valence-corrected chi connectivity index (χ1v) is 10.1. The molecule has 0 aliphatic carbocycles. The molecule has 1 N–H and O–H groups in total. The summed E-state index contributed by atoms with van der Waals surface area (Å²) in [7, 11) is 0. The number of ether oxygens (including phenoxy) is 1. The van der Waals surface area contributed by atoms with Crippen molar-refractivity contribution in [1.82, 2.24) is 30.4 Å². The van der Waals surface area contributed by atoms with Crippen LogP contribution in [0.4, 0.5) is 0 Å². The summed E-state index contributed by atoms with van der Waals surface area (Å²) < 4.78 is 6.96. The lowest BCUT2D eigenvalue weighted by Gasteiger charge is -2.29. The predicted molar refractivity (Wildman–Crippen MR) is 114 cm³/mol. The topological polar surface area (TPSA) is 85.2 Å². The van der Waals surface area contributed by atoms with Gasteiger partial charge in [0.05, 0.1) is 18.9 Å². The van der Waals surface area contributed by atoms with Crippen molar-refractivity contribution in [1.29, 1.82) is 0 Å². The van der Waals surface area contributed by atoms with Gasteiger partial charge in [-0.1, -0.05) is 29.8 Å².